The number of halogens is 9. The third kappa shape index (κ3) is 9.44. The minimum Gasteiger partial charge on any atom is -0.493 e. The number of hydrogen-bond donors (Lipinski definition) is 0. The fraction of sp³-hybridized carbons (Fsp3) is 0.340. The summed E-state index contributed by atoms with van der Waals surface area (Å²) in [5, 5.41) is 0. The average Bonchev–Trinajstić information content (AvgIpc) is 3.66. The van der Waals surface area contributed by atoms with E-state index in [0.29, 0.717) is 21.3 Å². The Morgan fingerprint density at radius 1 is 0.521 bits per heavy atom. The molecule has 1 aliphatic rings. The van der Waals surface area contributed by atoms with Crippen LogP contribution in [0.1, 0.15) is 65.4 Å². The number of methoxy groups -OCH3 is 5. The van der Waals surface area contributed by atoms with Crippen LogP contribution in [0.15, 0.2) is 121 Å². The minimum absolute atomic E-state index is 0.0289. The molecule has 0 unspecified atom stereocenters. The minimum atomic E-state index is -5.52. The first-order valence-electron chi connectivity index (χ1n) is 21.2. The van der Waals surface area contributed by atoms with Crippen LogP contribution in [0, 0.1) is 0 Å². The van der Waals surface area contributed by atoms with E-state index in [0.717, 1.165) is 62.6 Å². The number of fused-ring (bicyclic) bond motifs is 1. The van der Waals surface area contributed by atoms with Crippen molar-refractivity contribution in [1.82, 2.24) is 0 Å². The molecular weight excluding hydrogens is 964 g/mol. The Labute approximate surface area is 400 Å². The number of hydrogen-bond acceptors (Lipinski definition) is 12. The van der Waals surface area contributed by atoms with Crippen molar-refractivity contribution in [2.45, 2.75) is 73.4 Å². The van der Waals surface area contributed by atoms with Gasteiger partial charge in [-0.3, -0.25) is 0 Å². The van der Waals surface area contributed by atoms with Crippen LogP contribution in [0.3, 0.4) is 0 Å². The van der Waals surface area contributed by atoms with E-state index in [2.05, 4.69) is 0 Å². The second-order valence-corrected chi connectivity index (χ2v) is 16.0. The van der Waals surface area contributed by atoms with Gasteiger partial charge >= 0.3 is 36.4 Å². The molecule has 1 heterocycles. The van der Waals surface area contributed by atoms with Crippen LogP contribution in [0.5, 0.6) is 23.0 Å². The summed E-state index contributed by atoms with van der Waals surface area (Å²) in [6, 6.07) is 23.6. The topological polar surface area (TPSA) is 134 Å². The first-order valence-corrected chi connectivity index (χ1v) is 21.2. The number of rotatable bonds is 17. The van der Waals surface area contributed by atoms with Gasteiger partial charge in [0.1, 0.15) is 12.2 Å². The van der Waals surface area contributed by atoms with Crippen LogP contribution < -0.4 is 18.9 Å². The average molecular weight is 1010 g/mol. The summed E-state index contributed by atoms with van der Waals surface area (Å²) in [7, 11) is 4.23. The van der Waals surface area contributed by atoms with Gasteiger partial charge < -0.3 is 42.6 Å². The molecule has 0 saturated carbocycles. The molecule has 0 spiro atoms. The number of carbonyl (C=O) groups excluding carboxylic acids is 3. The Morgan fingerprint density at radius 3 is 1.35 bits per heavy atom. The van der Waals surface area contributed by atoms with E-state index in [1.165, 1.54) is 79.9 Å². The third-order valence-electron chi connectivity index (χ3n) is 12.0. The molecule has 71 heavy (non-hydrogen) atoms. The van der Waals surface area contributed by atoms with E-state index in [-0.39, 0.29) is 33.9 Å². The zero-order valence-corrected chi connectivity index (χ0v) is 38.7. The van der Waals surface area contributed by atoms with Crippen molar-refractivity contribution in [2.24, 2.45) is 0 Å². The van der Waals surface area contributed by atoms with Crippen molar-refractivity contribution in [3.8, 4) is 23.0 Å². The van der Waals surface area contributed by atoms with Gasteiger partial charge in [0, 0.05) is 55.1 Å². The zero-order chi connectivity index (χ0) is 52.3. The first-order chi connectivity index (χ1) is 33.4. The molecule has 0 aromatic heterocycles. The van der Waals surface area contributed by atoms with E-state index in [4.69, 9.17) is 42.6 Å². The second-order valence-electron chi connectivity index (χ2n) is 16.0. The van der Waals surface area contributed by atoms with Crippen molar-refractivity contribution in [2.75, 3.05) is 35.5 Å². The van der Waals surface area contributed by atoms with Gasteiger partial charge in [0.2, 0.25) is 0 Å². The second kappa shape index (κ2) is 20.5. The van der Waals surface area contributed by atoms with Gasteiger partial charge in [-0.2, -0.15) is 39.5 Å². The lowest BCUT2D eigenvalue weighted by molar-refractivity contribution is -0.285. The number of benzene rings is 5. The normalized spacial score (nSPS) is 18.3. The van der Waals surface area contributed by atoms with Crippen molar-refractivity contribution in [3.05, 3.63) is 155 Å². The van der Waals surface area contributed by atoms with Crippen LogP contribution in [-0.4, -0.2) is 78.1 Å². The lowest BCUT2D eigenvalue weighted by Crippen LogP contribution is -2.54. The monoisotopic (exact) mass is 1010 g/mol. The molecule has 0 fully saturated rings. The highest BCUT2D eigenvalue weighted by molar-refractivity contribution is 5.86. The molecular formula is C50H45F9O12. The Balaban J connectivity index is 1.42. The molecule has 0 amide bonds. The summed E-state index contributed by atoms with van der Waals surface area (Å²) in [6.45, 7) is 2.60. The van der Waals surface area contributed by atoms with Crippen LogP contribution in [0.4, 0.5) is 39.5 Å². The van der Waals surface area contributed by atoms with E-state index < -0.39 is 99.9 Å². The maximum absolute atomic E-state index is 15.2. The van der Waals surface area contributed by atoms with Gasteiger partial charge in [-0.15, -0.1) is 0 Å². The summed E-state index contributed by atoms with van der Waals surface area (Å²) in [4.78, 5) is 41.6. The van der Waals surface area contributed by atoms with E-state index in [1.54, 1.807) is 6.92 Å². The predicted octanol–water partition coefficient (Wildman–Crippen LogP) is 10.7. The van der Waals surface area contributed by atoms with Gasteiger partial charge in [0.15, 0.2) is 29.1 Å². The molecule has 0 N–H and O–H groups in total. The molecule has 0 aliphatic carbocycles. The fourth-order valence-corrected chi connectivity index (χ4v) is 8.40. The molecule has 21 heteroatoms. The van der Waals surface area contributed by atoms with Gasteiger partial charge in [0.05, 0.1) is 14.2 Å². The third-order valence-corrected chi connectivity index (χ3v) is 12.0. The Morgan fingerprint density at radius 2 is 0.944 bits per heavy atom. The van der Waals surface area contributed by atoms with Crippen LogP contribution in [-0.2, 0) is 54.9 Å². The van der Waals surface area contributed by atoms with Crippen LogP contribution in [0.25, 0.3) is 0 Å². The molecule has 7 atom stereocenters. The molecule has 0 bridgehead atoms. The Hall–Kier alpha value is -6.84. The Kier molecular flexibility index (Phi) is 15.4. The highest BCUT2D eigenvalue weighted by Crippen LogP contribution is 2.54. The van der Waals surface area contributed by atoms with E-state index in [9.17, 15) is 27.6 Å². The van der Waals surface area contributed by atoms with E-state index in [1.807, 2.05) is 0 Å². The van der Waals surface area contributed by atoms with Crippen molar-refractivity contribution in [3.63, 3.8) is 0 Å². The molecule has 5 aromatic rings. The first kappa shape index (κ1) is 53.5. The fourth-order valence-electron chi connectivity index (χ4n) is 8.40. The maximum Gasteiger partial charge on any atom is 0.432 e. The summed E-state index contributed by atoms with van der Waals surface area (Å²) in [6.07, 6.45) is -21.5. The summed E-state index contributed by atoms with van der Waals surface area (Å²) < 4.78 is 183. The highest BCUT2D eigenvalue weighted by atomic mass is 19.4. The molecule has 5 aromatic carbocycles. The quantitative estimate of drug-likeness (QED) is 0.0499. The van der Waals surface area contributed by atoms with Crippen LogP contribution in [0.2, 0.25) is 0 Å². The van der Waals surface area contributed by atoms with Gasteiger partial charge in [-0.1, -0.05) is 104 Å². The van der Waals surface area contributed by atoms with Crippen LogP contribution >= 0.6 is 0 Å². The van der Waals surface area contributed by atoms with Crippen molar-refractivity contribution in [1.29, 1.82) is 0 Å². The molecule has 380 valence electrons. The number of carbonyl (C=O) groups is 3. The number of alkyl halides is 9. The van der Waals surface area contributed by atoms with Crippen molar-refractivity contribution < 1.29 is 96.5 Å². The summed E-state index contributed by atoms with van der Waals surface area (Å²) in [5.41, 5.74) is -12.9. The Bertz CT molecular complexity index is 2680. The van der Waals surface area contributed by atoms with Gasteiger partial charge in [0.25, 0.3) is 16.8 Å². The SMILES string of the molecule is COc1cc([C@H]2Oc3c(OC)cc([C@@H](OC(=O)[C@@](OC)(c4ccccc4)C(F)(F)F)[C@@H](C)OC(=O)[C@@](OC)(c4ccccc4)C(F)(F)F)cc3[C@@H]2C)ccc1OC(=O)[C@@](OC)(c1ccccc1)C(F)(F)F. The highest BCUT2D eigenvalue weighted by Gasteiger charge is 2.67. The number of esters is 3. The molecule has 0 radical (unpaired) electrons. The molecule has 12 nitrogen and oxygen atoms in total. The molecule has 6 rings (SSSR count). The summed E-state index contributed by atoms with van der Waals surface area (Å²) in [5.74, 6) is -7.60. The van der Waals surface area contributed by atoms with Gasteiger partial charge in [-0.25, -0.2) is 14.4 Å². The number of ether oxygens (including phenoxy) is 9. The van der Waals surface area contributed by atoms with Crippen molar-refractivity contribution >= 4 is 17.9 Å². The molecule has 0 saturated heterocycles. The zero-order valence-electron chi connectivity index (χ0n) is 38.7. The lowest BCUT2D eigenvalue weighted by atomic mass is 9.89. The maximum atomic E-state index is 15.2. The largest absolute Gasteiger partial charge is 0.493 e. The lowest BCUT2D eigenvalue weighted by Gasteiger charge is -2.36. The standard InChI is InChI=1S/C50H45F9O12/c1-28-35-25-31(27-38(64-4)41(35)70-39(28)30-23-24-36(37(26-30)63-3)69-43(61)46(66-6,49(54,55)56)33-19-13-9-14-20-33)40(71-44(62)47(67-7,50(57,58)59)34-21-15-10-16-22-34)29(2)68-42(60)45(65-5,48(51,52)53)32-17-11-8-12-18-32/h8-29,39-40H,1-7H3/t28-,29+,39-,40-,45-,46-,47-/m0/s1. The van der Waals surface area contributed by atoms with Gasteiger partial charge in [-0.05, 0) is 36.8 Å². The van der Waals surface area contributed by atoms with E-state index >= 15 is 26.3 Å². The molecule has 1 aliphatic heterocycles. The summed E-state index contributed by atoms with van der Waals surface area (Å²) >= 11 is 0. The smallest absolute Gasteiger partial charge is 0.432 e. The predicted molar refractivity (Wildman–Crippen MR) is 231 cm³/mol.